The van der Waals surface area contributed by atoms with Crippen LogP contribution in [0.1, 0.15) is 18.5 Å². The van der Waals surface area contributed by atoms with Gasteiger partial charge in [-0.05, 0) is 54.8 Å². The molecule has 162 valence electrons. The molecular formula is C25H20ClN7. The Morgan fingerprint density at radius 1 is 1.15 bits per heavy atom. The molecule has 2 heterocycles. The van der Waals surface area contributed by atoms with Crippen LogP contribution in [0, 0.1) is 22.1 Å². The highest BCUT2D eigenvalue weighted by Gasteiger charge is 2.46. The molecular weight excluding hydrogens is 434 g/mol. The minimum atomic E-state index is -0.398. The van der Waals surface area contributed by atoms with E-state index in [0.717, 1.165) is 47.1 Å². The summed E-state index contributed by atoms with van der Waals surface area (Å²) in [6, 6.07) is 19.7. The topological polar surface area (TPSA) is 105 Å². The standard InChI is InChI=1S/C25H20ClN7/c1-32(23-20-7-6-18(26)12-21(20)33(15-28)24(29)31-23)19-4-2-3-16(11-19)17-5-8-22(30-13-17)25(14-27)9-10-25/h2-8,11-13,15,28-29H,9-10H2,1H3. The molecule has 0 atom stereocenters. The summed E-state index contributed by atoms with van der Waals surface area (Å²) < 4.78 is 1.38. The number of pyridine rings is 1. The van der Waals surface area contributed by atoms with E-state index in [0.29, 0.717) is 16.4 Å². The van der Waals surface area contributed by atoms with Crippen LogP contribution >= 0.6 is 11.6 Å². The Bertz CT molecular complexity index is 1490. The van der Waals surface area contributed by atoms with Crippen LogP contribution in [0.5, 0.6) is 0 Å². The first-order valence-corrected chi connectivity index (χ1v) is 10.8. The molecule has 2 aromatic heterocycles. The van der Waals surface area contributed by atoms with Gasteiger partial charge in [-0.2, -0.15) is 10.2 Å². The first kappa shape index (κ1) is 20.9. The van der Waals surface area contributed by atoms with E-state index in [-0.39, 0.29) is 5.62 Å². The van der Waals surface area contributed by atoms with Gasteiger partial charge in [0.2, 0.25) is 5.62 Å². The van der Waals surface area contributed by atoms with Crippen LogP contribution in [-0.4, -0.2) is 27.9 Å². The molecule has 5 rings (SSSR count). The molecule has 0 spiro atoms. The predicted octanol–water partition coefficient (Wildman–Crippen LogP) is 5.01. The highest BCUT2D eigenvalue weighted by atomic mass is 35.5. The van der Waals surface area contributed by atoms with Crippen molar-refractivity contribution in [2.24, 2.45) is 0 Å². The van der Waals surface area contributed by atoms with Gasteiger partial charge in [-0.15, -0.1) is 0 Å². The average molecular weight is 454 g/mol. The second kappa shape index (κ2) is 7.84. The Morgan fingerprint density at radius 3 is 2.64 bits per heavy atom. The van der Waals surface area contributed by atoms with Gasteiger partial charge in [0.15, 0.2) is 0 Å². The highest BCUT2D eigenvalue weighted by Crippen LogP contribution is 2.46. The number of hydrogen-bond acceptors (Lipinski definition) is 6. The molecule has 4 aromatic rings. The van der Waals surface area contributed by atoms with E-state index in [1.54, 1.807) is 12.1 Å². The molecule has 2 aromatic carbocycles. The first-order valence-electron chi connectivity index (χ1n) is 10.4. The van der Waals surface area contributed by atoms with E-state index in [4.69, 9.17) is 22.4 Å². The Kier molecular flexibility index (Phi) is 4.95. The highest BCUT2D eigenvalue weighted by molar-refractivity contribution is 6.31. The Morgan fingerprint density at radius 2 is 1.97 bits per heavy atom. The molecule has 0 aliphatic heterocycles. The lowest BCUT2D eigenvalue weighted by molar-refractivity contribution is 0.855. The van der Waals surface area contributed by atoms with Gasteiger partial charge in [-0.1, -0.05) is 29.8 Å². The van der Waals surface area contributed by atoms with Crippen LogP contribution < -0.4 is 10.5 Å². The van der Waals surface area contributed by atoms with E-state index >= 15 is 0 Å². The van der Waals surface area contributed by atoms with Crippen molar-refractivity contribution < 1.29 is 0 Å². The van der Waals surface area contributed by atoms with Gasteiger partial charge < -0.3 is 4.90 Å². The minimum absolute atomic E-state index is 0.0518. The second-order valence-electron chi connectivity index (χ2n) is 8.15. The summed E-state index contributed by atoms with van der Waals surface area (Å²) in [5, 5.41) is 26.7. The summed E-state index contributed by atoms with van der Waals surface area (Å²) in [6.07, 6.45) is 4.62. The van der Waals surface area contributed by atoms with Gasteiger partial charge in [-0.3, -0.25) is 20.4 Å². The fourth-order valence-corrected chi connectivity index (χ4v) is 4.19. The number of hydrogen-bond donors (Lipinski definition) is 2. The minimum Gasteiger partial charge on any atom is -0.329 e. The quantitative estimate of drug-likeness (QED) is 0.327. The van der Waals surface area contributed by atoms with Crippen LogP contribution in [0.15, 0.2) is 60.8 Å². The largest absolute Gasteiger partial charge is 0.329 e. The van der Waals surface area contributed by atoms with Crippen molar-refractivity contribution in [3.8, 4) is 17.2 Å². The summed E-state index contributed by atoms with van der Waals surface area (Å²) in [6.45, 7) is 0. The Balaban J connectivity index is 1.55. The van der Waals surface area contributed by atoms with Crippen molar-refractivity contribution in [2.45, 2.75) is 18.3 Å². The lowest BCUT2D eigenvalue weighted by atomic mass is 10.0. The molecule has 33 heavy (non-hydrogen) atoms. The molecule has 1 saturated carbocycles. The number of anilines is 2. The molecule has 0 bridgehead atoms. The van der Waals surface area contributed by atoms with E-state index in [1.165, 1.54) is 4.57 Å². The third-order valence-electron chi connectivity index (χ3n) is 6.13. The summed E-state index contributed by atoms with van der Waals surface area (Å²) in [5.74, 6) is 0.597. The first-order chi connectivity index (χ1) is 16.0. The van der Waals surface area contributed by atoms with E-state index in [9.17, 15) is 5.26 Å². The lowest BCUT2D eigenvalue weighted by Gasteiger charge is -2.22. The maximum Gasteiger partial charge on any atom is 0.229 e. The van der Waals surface area contributed by atoms with Gasteiger partial charge in [0.05, 0.1) is 29.0 Å². The molecule has 2 N–H and O–H groups in total. The maximum atomic E-state index is 9.41. The van der Waals surface area contributed by atoms with E-state index in [1.807, 2.05) is 60.6 Å². The molecule has 8 heteroatoms. The molecule has 0 unspecified atom stereocenters. The molecule has 1 aliphatic carbocycles. The number of benzene rings is 2. The number of nitriles is 1. The smallest absolute Gasteiger partial charge is 0.229 e. The molecule has 1 fully saturated rings. The van der Waals surface area contributed by atoms with Crippen LogP contribution in [0.4, 0.5) is 11.5 Å². The predicted molar refractivity (Wildman–Crippen MR) is 129 cm³/mol. The summed E-state index contributed by atoms with van der Waals surface area (Å²) in [5.41, 5.74) is 3.87. The fourth-order valence-electron chi connectivity index (χ4n) is 4.02. The van der Waals surface area contributed by atoms with Crippen LogP contribution in [0.2, 0.25) is 5.02 Å². The maximum absolute atomic E-state index is 9.41. The Labute approximate surface area is 195 Å². The fraction of sp³-hybridized carbons (Fsp3) is 0.160. The van der Waals surface area contributed by atoms with Crippen molar-refractivity contribution >= 4 is 40.3 Å². The van der Waals surface area contributed by atoms with Crippen LogP contribution in [0.3, 0.4) is 0 Å². The van der Waals surface area contributed by atoms with Crippen molar-refractivity contribution in [3.05, 3.63) is 77.1 Å². The number of halogens is 1. The molecule has 0 saturated heterocycles. The number of nitrogens with one attached hydrogen (secondary N) is 2. The number of nitrogens with zero attached hydrogens (tertiary/aromatic N) is 5. The van der Waals surface area contributed by atoms with Crippen molar-refractivity contribution in [1.82, 2.24) is 14.5 Å². The third-order valence-corrected chi connectivity index (χ3v) is 6.37. The zero-order chi connectivity index (χ0) is 23.2. The monoisotopic (exact) mass is 453 g/mol. The van der Waals surface area contributed by atoms with Gasteiger partial charge in [0.1, 0.15) is 5.82 Å². The normalized spacial score (nSPS) is 14.0. The summed E-state index contributed by atoms with van der Waals surface area (Å²) in [4.78, 5) is 10.9. The van der Waals surface area contributed by atoms with Crippen LogP contribution in [0.25, 0.3) is 22.0 Å². The van der Waals surface area contributed by atoms with Crippen molar-refractivity contribution in [2.75, 3.05) is 11.9 Å². The van der Waals surface area contributed by atoms with Crippen molar-refractivity contribution in [1.29, 1.82) is 16.1 Å². The van der Waals surface area contributed by atoms with E-state index in [2.05, 4.69) is 16.0 Å². The average Bonchev–Trinajstić information content (AvgIpc) is 3.65. The molecule has 1 aliphatic rings. The molecule has 7 nitrogen and oxygen atoms in total. The van der Waals surface area contributed by atoms with Gasteiger partial charge in [0.25, 0.3) is 0 Å². The van der Waals surface area contributed by atoms with Crippen molar-refractivity contribution in [3.63, 3.8) is 0 Å². The number of rotatable bonds is 5. The lowest BCUT2D eigenvalue weighted by Crippen LogP contribution is -2.26. The number of aromatic nitrogens is 3. The second-order valence-corrected chi connectivity index (χ2v) is 8.59. The van der Waals surface area contributed by atoms with Crippen LogP contribution in [-0.2, 0) is 5.41 Å². The zero-order valence-electron chi connectivity index (χ0n) is 17.9. The molecule has 0 radical (unpaired) electrons. The van der Waals surface area contributed by atoms with E-state index < -0.39 is 5.41 Å². The zero-order valence-corrected chi connectivity index (χ0v) is 18.6. The summed E-state index contributed by atoms with van der Waals surface area (Å²) in [7, 11) is 1.90. The summed E-state index contributed by atoms with van der Waals surface area (Å²) >= 11 is 6.18. The number of fused-ring (bicyclic) bond motifs is 1. The SMILES string of the molecule is CN(c1cccc(-c2ccc(C3(C#N)CC3)nc2)c1)c1nc(=N)n(C=N)c2cc(Cl)ccc12. The molecule has 0 amide bonds. The third kappa shape index (κ3) is 3.55. The van der Waals surface area contributed by atoms with Gasteiger partial charge >= 0.3 is 0 Å². The Hall–Kier alpha value is -4.02. The van der Waals surface area contributed by atoms with Gasteiger partial charge in [-0.25, -0.2) is 0 Å². The van der Waals surface area contributed by atoms with Gasteiger partial charge in [0, 0.05) is 34.9 Å².